The zero-order valence-electron chi connectivity index (χ0n) is 19.5. The molecule has 180 valence electrons. The minimum absolute atomic E-state index is 0.0169. The molecule has 5 heterocycles. The van der Waals surface area contributed by atoms with Gasteiger partial charge >= 0.3 is 0 Å². The lowest BCUT2D eigenvalue weighted by molar-refractivity contribution is 0.153. The Balaban J connectivity index is 1.44. The van der Waals surface area contributed by atoms with Gasteiger partial charge in [0.15, 0.2) is 11.5 Å². The van der Waals surface area contributed by atoms with Gasteiger partial charge in [-0.05, 0) is 41.8 Å². The molecule has 0 aliphatic carbocycles. The summed E-state index contributed by atoms with van der Waals surface area (Å²) >= 11 is 0. The van der Waals surface area contributed by atoms with E-state index in [0.717, 1.165) is 11.1 Å². The summed E-state index contributed by atoms with van der Waals surface area (Å²) in [6, 6.07) is 8.81. The highest BCUT2D eigenvalue weighted by atomic mass is 19.1. The maximum atomic E-state index is 15.1. The lowest BCUT2D eigenvalue weighted by atomic mass is 10.0. The van der Waals surface area contributed by atoms with Crippen LogP contribution in [0.5, 0.6) is 0 Å². The van der Waals surface area contributed by atoms with E-state index in [0.29, 0.717) is 44.9 Å². The molecule has 0 radical (unpaired) electrons. The second-order valence-electron chi connectivity index (χ2n) is 8.90. The lowest BCUT2D eigenvalue weighted by Gasteiger charge is -2.17. The summed E-state index contributed by atoms with van der Waals surface area (Å²) in [5, 5.41) is 20.9. The molecule has 6 rings (SSSR count). The monoisotopic (exact) mass is 483 g/mol. The first-order valence-electron chi connectivity index (χ1n) is 11.4. The van der Waals surface area contributed by atoms with Crippen molar-refractivity contribution in [2.45, 2.75) is 20.1 Å². The van der Waals surface area contributed by atoms with Gasteiger partial charge in [0.2, 0.25) is 0 Å². The van der Waals surface area contributed by atoms with Gasteiger partial charge in [-0.3, -0.25) is 10.1 Å². The summed E-state index contributed by atoms with van der Waals surface area (Å²) in [6.45, 7) is 3.81. The molecule has 36 heavy (non-hydrogen) atoms. The van der Waals surface area contributed by atoms with Gasteiger partial charge in [0.1, 0.15) is 28.8 Å². The predicted octanol–water partition coefficient (Wildman–Crippen LogP) is 5.35. The fourth-order valence-electron chi connectivity index (χ4n) is 4.11. The van der Waals surface area contributed by atoms with Crippen LogP contribution >= 0.6 is 0 Å². The molecule has 0 saturated carbocycles. The summed E-state index contributed by atoms with van der Waals surface area (Å²) in [4.78, 5) is 16.6. The second kappa shape index (κ2) is 8.58. The van der Waals surface area contributed by atoms with E-state index < -0.39 is 12.0 Å². The number of rotatable bonds is 6. The van der Waals surface area contributed by atoms with Gasteiger partial charge in [-0.15, -0.1) is 0 Å². The van der Waals surface area contributed by atoms with Gasteiger partial charge in [0.05, 0.1) is 24.4 Å². The molecule has 0 fully saturated rings. The molecule has 1 aromatic carbocycles. The normalized spacial score (nSPS) is 12.6. The standard InChI is InChI=1S/C26H22FN7O2/c1-13(2)26(35)30-17-7-16(10-28-11-17)15-8-19-21(20(27)9-15)33-34-23(19)25-31-22-18(14-4-6-36-12-14)3-5-29-24(22)32-25/h3-13,26,30,35H,1-2H3,(H,33,34)(H,29,31,32). The number of pyridine rings is 2. The van der Waals surface area contributed by atoms with Gasteiger partial charge in [0.25, 0.3) is 0 Å². The molecule has 5 aromatic heterocycles. The van der Waals surface area contributed by atoms with Crippen LogP contribution in [0.1, 0.15) is 13.8 Å². The van der Waals surface area contributed by atoms with Crippen molar-refractivity contribution in [1.29, 1.82) is 0 Å². The number of aliphatic hydroxyl groups is 1. The molecule has 4 N–H and O–H groups in total. The highest BCUT2D eigenvalue weighted by Crippen LogP contribution is 2.34. The SMILES string of the molecule is CC(C)C(O)Nc1cncc(-c2cc(F)c3[nH]nc(-c4nc5c(-c6ccoc6)ccnc5[nH]4)c3c2)c1. The quantitative estimate of drug-likeness (QED) is 0.235. The molecule has 0 bridgehead atoms. The number of hydrogen-bond acceptors (Lipinski definition) is 7. The van der Waals surface area contributed by atoms with E-state index in [2.05, 4.69) is 30.5 Å². The summed E-state index contributed by atoms with van der Waals surface area (Å²) in [5.41, 5.74) is 5.68. The van der Waals surface area contributed by atoms with E-state index >= 15 is 4.39 Å². The van der Waals surface area contributed by atoms with E-state index in [9.17, 15) is 5.11 Å². The van der Waals surface area contributed by atoms with Crippen molar-refractivity contribution in [1.82, 2.24) is 30.1 Å². The topological polar surface area (TPSA) is 129 Å². The van der Waals surface area contributed by atoms with Crippen molar-refractivity contribution in [2.75, 3.05) is 5.32 Å². The van der Waals surface area contributed by atoms with Crippen LogP contribution in [-0.4, -0.2) is 41.5 Å². The van der Waals surface area contributed by atoms with Crippen molar-refractivity contribution in [3.8, 4) is 33.8 Å². The minimum atomic E-state index is -0.727. The van der Waals surface area contributed by atoms with E-state index in [1.54, 1.807) is 31.1 Å². The molecule has 10 heteroatoms. The van der Waals surface area contributed by atoms with Crippen molar-refractivity contribution in [3.05, 3.63) is 67.3 Å². The fourth-order valence-corrected chi connectivity index (χ4v) is 4.11. The molecular weight excluding hydrogens is 461 g/mol. The van der Waals surface area contributed by atoms with Gasteiger partial charge in [-0.2, -0.15) is 5.10 Å². The van der Waals surface area contributed by atoms with Crippen LogP contribution < -0.4 is 5.32 Å². The summed E-state index contributed by atoms with van der Waals surface area (Å²) in [6.07, 6.45) is 7.48. The number of nitrogens with zero attached hydrogens (tertiary/aromatic N) is 4. The Morgan fingerprint density at radius 2 is 1.97 bits per heavy atom. The number of nitrogens with one attached hydrogen (secondary N) is 3. The Bertz CT molecular complexity index is 1690. The maximum Gasteiger partial charge on any atom is 0.160 e. The van der Waals surface area contributed by atoms with Crippen LogP contribution in [0.4, 0.5) is 10.1 Å². The number of halogens is 1. The summed E-state index contributed by atoms with van der Waals surface area (Å²) in [7, 11) is 0. The molecule has 0 aliphatic heterocycles. The molecule has 0 saturated heterocycles. The first-order chi connectivity index (χ1) is 17.5. The zero-order chi connectivity index (χ0) is 24.8. The van der Waals surface area contributed by atoms with E-state index in [1.165, 1.54) is 6.07 Å². The van der Waals surface area contributed by atoms with Crippen molar-refractivity contribution < 1.29 is 13.9 Å². The Hall–Kier alpha value is -4.57. The van der Waals surface area contributed by atoms with E-state index in [1.807, 2.05) is 38.1 Å². The Morgan fingerprint density at radius 3 is 2.78 bits per heavy atom. The first kappa shape index (κ1) is 21.9. The Labute approximate surface area is 204 Å². The average Bonchev–Trinajstić information content (AvgIpc) is 3.63. The molecule has 9 nitrogen and oxygen atoms in total. The summed E-state index contributed by atoms with van der Waals surface area (Å²) in [5.74, 6) is 0.0308. The second-order valence-corrected chi connectivity index (χ2v) is 8.90. The van der Waals surface area contributed by atoms with Crippen molar-refractivity contribution in [2.24, 2.45) is 5.92 Å². The number of benzene rings is 1. The highest BCUT2D eigenvalue weighted by molar-refractivity contribution is 5.97. The third-order valence-corrected chi connectivity index (χ3v) is 6.08. The summed E-state index contributed by atoms with van der Waals surface area (Å²) < 4.78 is 20.4. The number of H-pyrrole nitrogens is 2. The number of imidazole rings is 1. The molecule has 1 unspecified atom stereocenters. The predicted molar refractivity (Wildman–Crippen MR) is 134 cm³/mol. The largest absolute Gasteiger partial charge is 0.472 e. The first-order valence-corrected chi connectivity index (χ1v) is 11.4. The van der Waals surface area contributed by atoms with Gasteiger partial charge in [0, 0.05) is 34.5 Å². The van der Waals surface area contributed by atoms with Gasteiger partial charge in [-0.25, -0.2) is 14.4 Å². The molecule has 0 amide bonds. The number of furan rings is 1. The lowest BCUT2D eigenvalue weighted by Crippen LogP contribution is -2.24. The van der Waals surface area contributed by atoms with Crippen LogP contribution in [0.2, 0.25) is 0 Å². The molecule has 0 aliphatic rings. The molecular formula is C26H22FN7O2. The van der Waals surface area contributed by atoms with Gasteiger partial charge in [-0.1, -0.05) is 13.8 Å². The van der Waals surface area contributed by atoms with Crippen LogP contribution in [0.25, 0.3) is 55.8 Å². The minimum Gasteiger partial charge on any atom is -0.472 e. The van der Waals surface area contributed by atoms with Crippen LogP contribution in [0.15, 0.2) is 65.9 Å². The number of hydrogen-bond donors (Lipinski definition) is 4. The molecule has 1 atom stereocenters. The number of aromatic nitrogens is 6. The molecule has 0 spiro atoms. The van der Waals surface area contributed by atoms with Crippen molar-refractivity contribution in [3.63, 3.8) is 0 Å². The fraction of sp³-hybridized carbons (Fsp3) is 0.154. The number of anilines is 1. The van der Waals surface area contributed by atoms with E-state index in [-0.39, 0.29) is 11.4 Å². The highest BCUT2D eigenvalue weighted by Gasteiger charge is 2.19. The third-order valence-electron chi connectivity index (χ3n) is 6.08. The smallest absolute Gasteiger partial charge is 0.160 e. The van der Waals surface area contributed by atoms with Crippen LogP contribution in [-0.2, 0) is 0 Å². The molecule has 6 aromatic rings. The average molecular weight is 484 g/mol. The number of aromatic amines is 2. The van der Waals surface area contributed by atoms with Crippen molar-refractivity contribution >= 4 is 27.8 Å². The Kier molecular flexibility index (Phi) is 5.23. The zero-order valence-corrected chi connectivity index (χ0v) is 19.5. The van der Waals surface area contributed by atoms with Crippen LogP contribution in [0.3, 0.4) is 0 Å². The van der Waals surface area contributed by atoms with Crippen LogP contribution in [0, 0.1) is 11.7 Å². The maximum absolute atomic E-state index is 15.1. The van der Waals surface area contributed by atoms with Gasteiger partial charge < -0.3 is 19.8 Å². The Morgan fingerprint density at radius 1 is 1.08 bits per heavy atom. The number of aliphatic hydroxyl groups excluding tert-OH is 1. The third kappa shape index (κ3) is 3.77. The van der Waals surface area contributed by atoms with E-state index in [4.69, 9.17) is 9.40 Å². The number of fused-ring (bicyclic) bond motifs is 2.